The van der Waals surface area contributed by atoms with Gasteiger partial charge in [0, 0.05) is 12.6 Å². The number of carbonyl (C=O) groups is 1. The monoisotopic (exact) mass is 268 g/mol. The molecule has 0 aliphatic carbocycles. The van der Waals surface area contributed by atoms with Crippen molar-refractivity contribution in [2.24, 2.45) is 0 Å². The van der Waals surface area contributed by atoms with E-state index in [9.17, 15) is 10.1 Å². The quantitative estimate of drug-likeness (QED) is 0.636. The number of carboxylic acid groups (broad SMARTS) is 1. The predicted octanol–water partition coefficient (Wildman–Crippen LogP) is 2.51. The van der Waals surface area contributed by atoms with Crippen LogP contribution < -0.4 is 4.90 Å². The summed E-state index contributed by atoms with van der Waals surface area (Å²) in [5.74, 6) is 1.56. The van der Waals surface area contributed by atoms with E-state index in [0.29, 0.717) is 17.7 Å². The molecule has 0 amide bonds. The molecule has 0 radical (unpaired) electrons. The Morgan fingerprint density at radius 3 is 2.85 bits per heavy atom. The molecule has 1 aromatic carbocycles. The summed E-state index contributed by atoms with van der Waals surface area (Å²) in [4.78, 5) is 12.5. The Kier molecular flexibility index (Phi) is 5.87. The van der Waals surface area contributed by atoms with E-state index < -0.39 is 5.97 Å². The topological polar surface area (TPSA) is 64.3 Å². The number of terminal acetylenes is 1. The second-order valence-electron chi connectivity index (χ2n) is 4.19. The van der Waals surface area contributed by atoms with E-state index in [1.165, 1.54) is 6.08 Å². The van der Waals surface area contributed by atoms with Crippen LogP contribution in [0.5, 0.6) is 0 Å². The summed E-state index contributed by atoms with van der Waals surface area (Å²) in [6, 6.07) is 7.36. The van der Waals surface area contributed by atoms with Crippen molar-refractivity contribution in [3.63, 3.8) is 0 Å². The zero-order chi connectivity index (χ0) is 15.0. The first kappa shape index (κ1) is 15.3. The van der Waals surface area contributed by atoms with Gasteiger partial charge < -0.3 is 10.0 Å². The zero-order valence-corrected chi connectivity index (χ0v) is 11.3. The van der Waals surface area contributed by atoms with E-state index in [1.54, 1.807) is 18.2 Å². The molecule has 0 atom stereocenters. The smallest absolute Gasteiger partial charge is 0.328 e. The van der Waals surface area contributed by atoms with Gasteiger partial charge in [-0.15, -0.1) is 6.42 Å². The molecule has 1 N–H and O–H groups in total. The van der Waals surface area contributed by atoms with Gasteiger partial charge in [0.05, 0.1) is 17.8 Å². The Bertz CT molecular complexity index is 591. The fraction of sp³-hybridized carbons (Fsp3) is 0.250. The molecule has 1 rings (SSSR count). The van der Waals surface area contributed by atoms with Crippen molar-refractivity contribution in [1.29, 1.82) is 5.26 Å². The highest BCUT2D eigenvalue weighted by atomic mass is 16.4. The number of hydrogen-bond acceptors (Lipinski definition) is 3. The minimum Gasteiger partial charge on any atom is -0.478 e. The van der Waals surface area contributed by atoms with Gasteiger partial charge >= 0.3 is 5.97 Å². The van der Waals surface area contributed by atoms with E-state index in [-0.39, 0.29) is 0 Å². The molecule has 4 nitrogen and oxygen atoms in total. The molecule has 0 aliphatic heterocycles. The van der Waals surface area contributed by atoms with Gasteiger partial charge in [0.25, 0.3) is 0 Å². The van der Waals surface area contributed by atoms with Gasteiger partial charge in [-0.3, -0.25) is 0 Å². The molecular weight excluding hydrogens is 252 g/mol. The van der Waals surface area contributed by atoms with Gasteiger partial charge in [0.2, 0.25) is 0 Å². The molecule has 0 heterocycles. The van der Waals surface area contributed by atoms with Crippen LogP contribution in [-0.2, 0) is 4.79 Å². The zero-order valence-electron chi connectivity index (χ0n) is 11.3. The minimum atomic E-state index is -1.02. The fourth-order valence-corrected chi connectivity index (χ4v) is 1.85. The Balaban J connectivity index is 3.13. The average Bonchev–Trinajstić information content (AvgIpc) is 2.44. The molecule has 102 valence electrons. The first-order chi connectivity index (χ1) is 9.62. The van der Waals surface area contributed by atoms with Crippen molar-refractivity contribution in [3.05, 3.63) is 35.4 Å². The molecule has 0 unspecified atom stereocenters. The highest BCUT2D eigenvalue weighted by molar-refractivity contribution is 5.85. The third kappa shape index (κ3) is 4.19. The summed E-state index contributed by atoms with van der Waals surface area (Å²) in [6.45, 7) is 3.25. The first-order valence-electron chi connectivity index (χ1n) is 6.26. The number of carboxylic acids is 1. The summed E-state index contributed by atoms with van der Waals surface area (Å²) >= 11 is 0. The number of benzene rings is 1. The van der Waals surface area contributed by atoms with Crippen LogP contribution in [0.4, 0.5) is 5.69 Å². The van der Waals surface area contributed by atoms with Gasteiger partial charge in [0.1, 0.15) is 6.07 Å². The van der Waals surface area contributed by atoms with Gasteiger partial charge in [-0.05, 0) is 30.2 Å². The molecule has 0 aliphatic rings. The summed E-state index contributed by atoms with van der Waals surface area (Å²) in [6.07, 6.45) is 8.77. The molecule has 4 heteroatoms. The molecule has 20 heavy (non-hydrogen) atoms. The van der Waals surface area contributed by atoms with E-state index in [4.69, 9.17) is 11.5 Å². The fourth-order valence-electron chi connectivity index (χ4n) is 1.85. The van der Waals surface area contributed by atoms with Crippen molar-refractivity contribution < 1.29 is 9.90 Å². The van der Waals surface area contributed by atoms with Crippen molar-refractivity contribution >= 4 is 17.7 Å². The van der Waals surface area contributed by atoms with Crippen LogP contribution in [0, 0.1) is 23.7 Å². The molecular formula is C16H16N2O2. The Labute approximate surface area is 118 Å². The molecule has 0 saturated heterocycles. The number of nitriles is 1. The SMILES string of the molecule is C#CCN(CCC)c1ccc(/C=C/C(=O)O)cc1C#N. The van der Waals surface area contributed by atoms with Crippen LogP contribution in [0.2, 0.25) is 0 Å². The number of anilines is 1. The normalized spacial score (nSPS) is 9.95. The van der Waals surface area contributed by atoms with E-state index in [0.717, 1.165) is 24.7 Å². The number of aliphatic carboxylic acids is 1. The largest absolute Gasteiger partial charge is 0.478 e. The lowest BCUT2D eigenvalue weighted by molar-refractivity contribution is -0.131. The van der Waals surface area contributed by atoms with Crippen molar-refractivity contribution in [1.82, 2.24) is 0 Å². The highest BCUT2D eigenvalue weighted by Crippen LogP contribution is 2.22. The number of nitrogens with zero attached hydrogens (tertiary/aromatic N) is 2. The lowest BCUT2D eigenvalue weighted by Crippen LogP contribution is -2.25. The molecule has 1 aromatic rings. The Morgan fingerprint density at radius 1 is 1.55 bits per heavy atom. The lowest BCUT2D eigenvalue weighted by atomic mass is 10.1. The van der Waals surface area contributed by atoms with Gasteiger partial charge in [-0.1, -0.05) is 18.9 Å². The van der Waals surface area contributed by atoms with E-state index in [1.807, 2.05) is 11.8 Å². The van der Waals surface area contributed by atoms with Crippen molar-refractivity contribution in [2.75, 3.05) is 18.0 Å². The van der Waals surface area contributed by atoms with Gasteiger partial charge in [0.15, 0.2) is 0 Å². The standard InChI is InChI=1S/C16H16N2O2/c1-3-9-18(10-4-2)15-7-5-13(6-8-16(19)20)11-14(15)12-17/h1,5-8,11H,4,9-10H2,2H3,(H,19,20)/b8-6+. The van der Waals surface area contributed by atoms with Crippen LogP contribution >= 0.6 is 0 Å². The van der Waals surface area contributed by atoms with Crippen LogP contribution in [-0.4, -0.2) is 24.2 Å². The number of rotatable bonds is 6. The van der Waals surface area contributed by atoms with Crippen molar-refractivity contribution in [2.45, 2.75) is 13.3 Å². The molecule has 0 bridgehead atoms. The Morgan fingerprint density at radius 2 is 2.30 bits per heavy atom. The third-order valence-corrected chi connectivity index (χ3v) is 2.68. The Hall–Kier alpha value is -2.72. The average molecular weight is 268 g/mol. The van der Waals surface area contributed by atoms with Crippen LogP contribution in [0.15, 0.2) is 24.3 Å². The maximum absolute atomic E-state index is 10.5. The minimum absolute atomic E-state index is 0.437. The summed E-state index contributed by atoms with van der Waals surface area (Å²) in [7, 11) is 0. The first-order valence-corrected chi connectivity index (χ1v) is 6.26. The van der Waals surface area contributed by atoms with Gasteiger partial charge in [-0.2, -0.15) is 5.26 Å². The summed E-state index contributed by atoms with van der Waals surface area (Å²) < 4.78 is 0. The lowest BCUT2D eigenvalue weighted by Gasteiger charge is -2.23. The van der Waals surface area contributed by atoms with Crippen LogP contribution in [0.25, 0.3) is 6.08 Å². The molecule has 0 saturated carbocycles. The maximum Gasteiger partial charge on any atom is 0.328 e. The van der Waals surface area contributed by atoms with Crippen LogP contribution in [0.1, 0.15) is 24.5 Å². The predicted molar refractivity (Wildman–Crippen MR) is 79.2 cm³/mol. The number of hydrogen-bond donors (Lipinski definition) is 1. The van der Waals surface area contributed by atoms with E-state index >= 15 is 0 Å². The van der Waals surface area contributed by atoms with E-state index in [2.05, 4.69) is 12.0 Å². The summed E-state index contributed by atoms with van der Waals surface area (Å²) in [5.41, 5.74) is 1.94. The highest BCUT2D eigenvalue weighted by Gasteiger charge is 2.10. The van der Waals surface area contributed by atoms with Crippen molar-refractivity contribution in [3.8, 4) is 18.4 Å². The second-order valence-corrected chi connectivity index (χ2v) is 4.19. The van der Waals surface area contributed by atoms with Gasteiger partial charge in [-0.25, -0.2) is 4.79 Å². The molecule has 0 spiro atoms. The molecule has 0 aromatic heterocycles. The summed E-state index contributed by atoms with van der Waals surface area (Å²) in [5, 5.41) is 17.8. The molecule has 0 fully saturated rings. The van der Waals surface area contributed by atoms with Crippen LogP contribution in [0.3, 0.4) is 0 Å². The second kappa shape index (κ2) is 7.66. The third-order valence-electron chi connectivity index (χ3n) is 2.68. The maximum atomic E-state index is 10.5.